The van der Waals surface area contributed by atoms with Crippen LogP contribution >= 0.6 is 0 Å². The Bertz CT molecular complexity index is 1530. The second-order valence-electron chi connectivity index (χ2n) is 15.5. The van der Waals surface area contributed by atoms with Crippen LogP contribution in [-0.2, 0) is 14.3 Å². The van der Waals surface area contributed by atoms with Gasteiger partial charge in [0.05, 0.1) is 19.6 Å². The molecule has 2 aliphatic carbocycles. The van der Waals surface area contributed by atoms with E-state index in [0.29, 0.717) is 29.9 Å². The number of hydrogen-bond acceptors (Lipinski definition) is 6. The molecular formula is C40H54O6. The number of carbonyl (C=O) groups is 3. The van der Waals surface area contributed by atoms with Crippen LogP contribution in [0.1, 0.15) is 112 Å². The van der Waals surface area contributed by atoms with Gasteiger partial charge in [0, 0.05) is 11.5 Å². The summed E-state index contributed by atoms with van der Waals surface area (Å²) < 4.78 is 17.9. The Labute approximate surface area is 276 Å². The van der Waals surface area contributed by atoms with Gasteiger partial charge in [0.1, 0.15) is 22.3 Å². The monoisotopic (exact) mass is 630 g/mol. The molecule has 6 nitrogen and oxygen atoms in total. The summed E-state index contributed by atoms with van der Waals surface area (Å²) >= 11 is 0. The van der Waals surface area contributed by atoms with Crippen molar-refractivity contribution < 1.29 is 28.6 Å². The minimum Gasteiger partial charge on any atom is -0.493 e. The molecule has 0 unspecified atom stereocenters. The highest BCUT2D eigenvalue weighted by atomic mass is 16.5. The summed E-state index contributed by atoms with van der Waals surface area (Å²) in [7, 11) is 3.05. The Morgan fingerprint density at radius 3 is 1.91 bits per heavy atom. The van der Waals surface area contributed by atoms with Gasteiger partial charge in [-0.2, -0.15) is 0 Å². The molecule has 1 heterocycles. The van der Waals surface area contributed by atoms with Crippen LogP contribution in [0, 0.1) is 28.1 Å². The van der Waals surface area contributed by atoms with Crippen molar-refractivity contribution >= 4 is 17.3 Å². The van der Waals surface area contributed by atoms with Crippen molar-refractivity contribution in [2.75, 3.05) is 14.2 Å². The van der Waals surface area contributed by atoms with E-state index in [-0.39, 0.29) is 35.4 Å². The average molecular weight is 631 g/mol. The normalized spacial score (nSPS) is 27.6. The number of hydrogen-bond donors (Lipinski definition) is 0. The number of ketones is 3. The van der Waals surface area contributed by atoms with Crippen molar-refractivity contribution in [3.8, 4) is 11.5 Å². The van der Waals surface area contributed by atoms with Gasteiger partial charge in [-0.05, 0) is 117 Å². The Kier molecular flexibility index (Phi) is 9.75. The lowest BCUT2D eigenvalue weighted by atomic mass is 9.39. The van der Waals surface area contributed by atoms with Crippen molar-refractivity contribution in [2.24, 2.45) is 28.1 Å². The van der Waals surface area contributed by atoms with Gasteiger partial charge in [-0.1, -0.05) is 48.8 Å². The van der Waals surface area contributed by atoms with E-state index in [9.17, 15) is 4.79 Å². The summed E-state index contributed by atoms with van der Waals surface area (Å²) in [5, 5.41) is 0. The average Bonchev–Trinajstić information content (AvgIpc) is 2.97. The van der Waals surface area contributed by atoms with Gasteiger partial charge in [0.15, 0.2) is 28.8 Å². The Hall–Kier alpha value is -3.41. The lowest BCUT2D eigenvalue weighted by Gasteiger charge is -2.64. The third kappa shape index (κ3) is 5.71. The third-order valence-electron chi connectivity index (χ3n) is 11.1. The minimum atomic E-state index is -1.43. The van der Waals surface area contributed by atoms with Crippen molar-refractivity contribution in [3.63, 3.8) is 0 Å². The number of allylic oxidation sites excluding steroid dienone is 8. The topological polar surface area (TPSA) is 78.9 Å². The second-order valence-corrected chi connectivity index (χ2v) is 15.5. The van der Waals surface area contributed by atoms with Gasteiger partial charge in [0.2, 0.25) is 0 Å². The Balaban J connectivity index is 2.09. The molecule has 250 valence electrons. The van der Waals surface area contributed by atoms with E-state index < -0.39 is 33.4 Å². The largest absolute Gasteiger partial charge is 0.493 e. The first-order valence-electron chi connectivity index (χ1n) is 16.6. The summed E-state index contributed by atoms with van der Waals surface area (Å²) in [5.74, 6) is 0.200. The molecule has 1 saturated carbocycles. The quantitative estimate of drug-likeness (QED) is 0.111. The van der Waals surface area contributed by atoms with E-state index in [4.69, 9.17) is 14.2 Å². The van der Waals surface area contributed by atoms with E-state index in [1.807, 2.05) is 33.8 Å². The highest BCUT2D eigenvalue weighted by Crippen LogP contribution is 2.69. The predicted molar refractivity (Wildman–Crippen MR) is 183 cm³/mol. The highest BCUT2D eigenvalue weighted by Gasteiger charge is 2.74. The Morgan fingerprint density at radius 1 is 0.826 bits per heavy atom. The molecule has 4 rings (SSSR count). The van der Waals surface area contributed by atoms with Gasteiger partial charge < -0.3 is 14.2 Å². The summed E-state index contributed by atoms with van der Waals surface area (Å²) in [5.41, 5.74) is -0.251. The number of benzene rings is 1. The molecule has 4 atom stereocenters. The van der Waals surface area contributed by atoms with E-state index >= 15 is 9.59 Å². The van der Waals surface area contributed by atoms with Gasteiger partial charge in [-0.25, -0.2) is 0 Å². The molecule has 46 heavy (non-hydrogen) atoms. The maximum atomic E-state index is 15.4. The van der Waals surface area contributed by atoms with E-state index in [2.05, 4.69) is 53.7 Å². The molecule has 3 aliphatic rings. The van der Waals surface area contributed by atoms with Crippen LogP contribution < -0.4 is 9.47 Å². The predicted octanol–water partition coefficient (Wildman–Crippen LogP) is 9.20. The molecule has 1 aromatic rings. The summed E-state index contributed by atoms with van der Waals surface area (Å²) in [6.07, 6.45) is 9.20. The maximum Gasteiger partial charge on any atom is 0.200 e. The van der Waals surface area contributed by atoms with E-state index in [0.717, 1.165) is 18.4 Å². The molecule has 1 aliphatic heterocycles. The molecular weight excluding hydrogens is 576 g/mol. The van der Waals surface area contributed by atoms with Gasteiger partial charge >= 0.3 is 0 Å². The number of ether oxygens (including phenoxy) is 3. The molecule has 1 spiro atoms. The highest BCUT2D eigenvalue weighted by molar-refractivity contribution is 6.35. The van der Waals surface area contributed by atoms with Crippen LogP contribution in [0.5, 0.6) is 11.5 Å². The fourth-order valence-electron chi connectivity index (χ4n) is 8.03. The van der Waals surface area contributed by atoms with Crippen molar-refractivity contribution in [3.05, 3.63) is 70.0 Å². The maximum absolute atomic E-state index is 15.4. The molecule has 1 saturated heterocycles. The van der Waals surface area contributed by atoms with Gasteiger partial charge in [-0.3, -0.25) is 14.4 Å². The smallest absolute Gasteiger partial charge is 0.200 e. The van der Waals surface area contributed by atoms with Gasteiger partial charge in [-0.15, -0.1) is 0 Å². The minimum absolute atomic E-state index is 0.00667. The van der Waals surface area contributed by atoms with Crippen molar-refractivity contribution in [2.45, 2.75) is 107 Å². The second kappa shape index (κ2) is 12.7. The number of methoxy groups -OCH3 is 2. The fourth-order valence-corrected chi connectivity index (χ4v) is 8.03. The SMILES string of the molecule is COc1ccc(C(=O)C2=C3OC(C)(C)[C@@H](CC=C(C)C)C[C@@]34C[C@@H](CC=C(C)C)C(C)(C)[C@@](CC=C(C)C)(C2=O)C4=O)cc1OC. The molecule has 0 amide bonds. The van der Waals surface area contributed by atoms with Crippen LogP contribution in [0.4, 0.5) is 0 Å². The number of rotatable bonds is 10. The van der Waals surface area contributed by atoms with Gasteiger partial charge in [0.25, 0.3) is 0 Å². The lowest BCUT2D eigenvalue weighted by Crippen LogP contribution is -2.69. The first-order valence-corrected chi connectivity index (χ1v) is 16.6. The van der Waals surface area contributed by atoms with E-state index in [1.165, 1.54) is 25.4 Å². The molecule has 1 aromatic carbocycles. The van der Waals surface area contributed by atoms with Crippen LogP contribution in [0.25, 0.3) is 0 Å². The molecule has 6 heteroatoms. The fraction of sp³-hybridized carbons (Fsp3) is 0.575. The van der Waals surface area contributed by atoms with E-state index in [1.54, 1.807) is 18.2 Å². The zero-order chi connectivity index (χ0) is 34.4. The van der Waals surface area contributed by atoms with Crippen molar-refractivity contribution in [1.82, 2.24) is 0 Å². The summed E-state index contributed by atoms with van der Waals surface area (Å²) in [6.45, 7) is 20.4. The third-order valence-corrected chi connectivity index (χ3v) is 11.1. The molecule has 0 aromatic heterocycles. The zero-order valence-corrected chi connectivity index (χ0v) is 30.1. The number of fused-ring (bicyclic) bond motifs is 1. The van der Waals surface area contributed by atoms with Crippen molar-refractivity contribution in [1.29, 1.82) is 0 Å². The standard InChI is InChI=1S/C40H54O6/c1-24(2)13-16-28-22-39-23-29(17-14-25(3)4)38(9,10)46-35(39)32(33(41)27-15-18-30(44-11)31(21-27)45-12)34(42)40(36(39)43,37(28,7)8)20-19-26(5)6/h13-15,18-19,21,28-29H,16-17,20,22-23H2,1-12H3/t28-,29+,39+,40+/m1/s1. The zero-order valence-electron chi connectivity index (χ0n) is 30.1. The number of carbonyl (C=O) groups excluding carboxylic acids is 3. The Morgan fingerprint density at radius 2 is 1.37 bits per heavy atom. The molecule has 2 fully saturated rings. The number of Topliss-reactive ketones (excluding diaryl/α,β-unsaturated/α-hetero) is 3. The first kappa shape index (κ1) is 35.4. The van der Waals surface area contributed by atoms with Crippen LogP contribution in [0.3, 0.4) is 0 Å². The summed E-state index contributed by atoms with van der Waals surface area (Å²) in [4.78, 5) is 45.6. The first-order chi connectivity index (χ1) is 21.4. The lowest BCUT2D eigenvalue weighted by molar-refractivity contribution is -0.188. The molecule has 0 N–H and O–H groups in total. The molecule has 0 radical (unpaired) electrons. The molecule has 2 bridgehead atoms. The van der Waals surface area contributed by atoms with Crippen LogP contribution in [0.15, 0.2) is 64.5 Å². The van der Waals surface area contributed by atoms with Crippen LogP contribution in [0.2, 0.25) is 0 Å². The van der Waals surface area contributed by atoms with Crippen LogP contribution in [-0.4, -0.2) is 37.2 Å². The summed E-state index contributed by atoms with van der Waals surface area (Å²) in [6, 6.07) is 4.93.